The zero-order valence-electron chi connectivity index (χ0n) is 23.2. The second kappa shape index (κ2) is 13.4. The molecule has 0 saturated carbocycles. The summed E-state index contributed by atoms with van der Waals surface area (Å²) in [5.74, 6) is 2.49. The number of halogens is 3. The number of anilines is 1. The minimum atomic E-state index is -1.06. The number of hydrogen-bond donors (Lipinski definition) is 2. The molecule has 0 aliphatic carbocycles. The van der Waals surface area contributed by atoms with Crippen LogP contribution in [0.2, 0.25) is 10.0 Å². The molecule has 2 aliphatic rings. The van der Waals surface area contributed by atoms with E-state index in [9.17, 15) is 9.18 Å². The van der Waals surface area contributed by atoms with Crippen molar-refractivity contribution in [1.82, 2.24) is 15.2 Å². The van der Waals surface area contributed by atoms with E-state index in [4.69, 9.17) is 33.7 Å². The second-order valence-electron chi connectivity index (χ2n) is 11.0. The number of rotatable bonds is 8. The molecule has 10 heteroatoms. The molecule has 1 aromatic heterocycles. The van der Waals surface area contributed by atoms with E-state index in [1.165, 1.54) is 0 Å². The van der Waals surface area contributed by atoms with Gasteiger partial charge in [0, 0.05) is 42.6 Å². The highest BCUT2D eigenvalue weighted by atomic mass is 35.5. The number of pyridine rings is 1. The number of nitrogens with one attached hydrogen (secondary N) is 1. The molecule has 0 radical (unpaired) electrons. The Balaban J connectivity index is 1.33. The lowest BCUT2D eigenvalue weighted by Crippen LogP contribution is -2.48. The van der Waals surface area contributed by atoms with Crippen LogP contribution in [0, 0.1) is 5.92 Å². The summed E-state index contributed by atoms with van der Waals surface area (Å²) in [7, 11) is 0. The molecule has 1 amide bonds. The number of alkyl halides is 1. The lowest BCUT2D eigenvalue weighted by Gasteiger charge is -2.33. The Morgan fingerprint density at radius 1 is 1.02 bits per heavy atom. The van der Waals surface area contributed by atoms with E-state index >= 15 is 0 Å². The molecular weight excluding hydrogens is 564 g/mol. The molecule has 2 fully saturated rings. The van der Waals surface area contributed by atoms with Crippen LogP contribution < -0.4 is 20.7 Å². The highest BCUT2D eigenvalue weighted by Crippen LogP contribution is 2.33. The van der Waals surface area contributed by atoms with Crippen LogP contribution in [0.15, 0.2) is 54.7 Å². The number of piperidine rings is 2. The van der Waals surface area contributed by atoms with Crippen molar-refractivity contribution < 1.29 is 13.9 Å². The standard InChI is InChI=1S/C31H36Cl2FN5O2/c1-20(40)36-16-21-4-7-38(8-5-21)18-22-10-23(24-12-25(32)15-26(33)13-24)14-28(11-22)41-27-2-3-31(37-17-27)39-9-6-30(35)29(34)19-39/h2-3,10-15,17,21,29-30H,4-9,16,18-19,35H2,1H3,(H,36,40)/t29-,30+/m0/s1. The van der Waals surface area contributed by atoms with Gasteiger partial charge in [0.25, 0.3) is 0 Å². The number of nitrogens with two attached hydrogens (primary N) is 1. The normalized spacial score (nSPS) is 20.2. The number of ether oxygens (including phenoxy) is 1. The summed E-state index contributed by atoms with van der Waals surface area (Å²) < 4.78 is 20.4. The van der Waals surface area contributed by atoms with Crippen LogP contribution in [-0.4, -0.2) is 60.7 Å². The number of hydrogen-bond acceptors (Lipinski definition) is 6. The molecule has 2 atom stereocenters. The van der Waals surface area contributed by atoms with Gasteiger partial charge in [-0.25, -0.2) is 9.37 Å². The molecule has 41 heavy (non-hydrogen) atoms. The van der Waals surface area contributed by atoms with Crippen molar-refractivity contribution in [3.05, 3.63) is 70.3 Å². The number of amides is 1. The Labute approximate surface area is 250 Å². The Morgan fingerprint density at radius 3 is 2.41 bits per heavy atom. The predicted molar refractivity (Wildman–Crippen MR) is 163 cm³/mol. The van der Waals surface area contributed by atoms with Crippen LogP contribution in [0.4, 0.5) is 10.2 Å². The molecule has 0 unspecified atom stereocenters. The van der Waals surface area contributed by atoms with Gasteiger partial charge in [0.2, 0.25) is 5.91 Å². The molecule has 7 nitrogen and oxygen atoms in total. The largest absolute Gasteiger partial charge is 0.456 e. The first kappa shape index (κ1) is 29.6. The van der Waals surface area contributed by atoms with Crippen LogP contribution in [0.3, 0.4) is 0 Å². The number of likely N-dealkylation sites (tertiary alicyclic amines) is 1. The van der Waals surface area contributed by atoms with Crippen molar-refractivity contribution in [2.24, 2.45) is 11.7 Å². The fourth-order valence-corrected chi connectivity index (χ4v) is 6.01. The number of carbonyl (C=O) groups excluding carboxylic acids is 1. The Bertz CT molecular complexity index is 1330. The van der Waals surface area contributed by atoms with Gasteiger partial charge in [0.1, 0.15) is 23.5 Å². The maximum absolute atomic E-state index is 14.1. The van der Waals surface area contributed by atoms with E-state index < -0.39 is 12.2 Å². The summed E-state index contributed by atoms with van der Waals surface area (Å²) in [5, 5.41) is 4.08. The number of carbonyl (C=O) groups is 1. The van der Waals surface area contributed by atoms with Crippen LogP contribution in [0.5, 0.6) is 11.5 Å². The van der Waals surface area contributed by atoms with Crippen molar-refractivity contribution in [2.75, 3.05) is 37.6 Å². The summed E-state index contributed by atoms with van der Waals surface area (Å²) in [5.41, 5.74) is 8.79. The van der Waals surface area contributed by atoms with E-state index in [0.29, 0.717) is 46.2 Å². The minimum absolute atomic E-state index is 0.0207. The number of nitrogens with zero attached hydrogens (tertiary/aromatic N) is 3. The van der Waals surface area contributed by atoms with E-state index in [2.05, 4.69) is 21.3 Å². The fourth-order valence-electron chi connectivity index (χ4n) is 5.48. The molecule has 5 rings (SSSR count). The molecule has 2 aromatic carbocycles. The highest BCUT2D eigenvalue weighted by Gasteiger charge is 2.27. The first-order valence-corrected chi connectivity index (χ1v) is 14.8. The molecule has 2 saturated heterocycles. The zero-order valence-corrected chi connectivity index (χ0v) is 24.7. The highest BCUT2D eigenvalue weighted by molar-refractivity contribution is 6.35. The molecule has 3 N–H and O–H groups in total. The lowest BCUT2D eigenvalue weighted by atomic mass is 9.96. The number of aromatic nitrogens is 1. The van der Waals surface area contributed by atoms with Crippen molar-refractivity contribution in [3.63, 3.8) is 0 Å². The minimum Gasteiger partial charge on any atom is -0.456 e. The van der Waals surface area contributed by atoms with Gasteiger partial charge in [-0.3, -0.25) is 9.69 Å². The van der Waals surface area contributed by atoms with Crippen LogP contribution in [0.25, 0.3) is 11.1 Å². The van der Waals surface area contributed by atoms with E-state index in [1.807, 2.05) is 41.3 Å². The summed E-state index contributed by atoms with van der Waals surface area (Å²) >= 11 is 12.7. The van der Waals surface area contributed by atoms with Gasteiger partial charge in [-0.1, -0.05) is 23.2 Å². The van der Waals surface area contributed by atoms with E-state index in [-0.39, 0.29) is 12.5 Å². The quantitative estimate of drug-likeness (QED) is 0.327. The van der Waals surface area contributed by atoms with Gasteiger partial charge in [-0.2, -0.15) is 0 Å². The Hall–Kier alpha value is -2.91. The van der Waals surface area contributed by atoms with Crippen molar-refractivity contribution in [2.45, 2.75) is 44.9 Å². The van der Waals surface area contributed by atoms with E-state index in [0.717, 1.165) is 55.7 Å². The third kappa shape index (κ3) is 8.10. The van der Waals surface area contributed by atoms with Crippen LogP contribution in [-0.2, 0) is 11.3 Å². The Kier molecular flexibility index (Phi) is 9.65. The molecular formula is C31H36Cl2FN5O2. The number of benzene rings is 2. The Morgan fingerprint density at radius 2 is 1.76 bits per heavy atom. The average molecular weight is 601 g/mol. The topological polar surface area (TPSA) is 83.7 Å². The van der Waals surface area contributed by atoms with Gasteiger partial charge in [0.15, 0.2) is 0 Å². The van der Waals surface area contributed by atoms with Gasteiger partial charge in [-0.05, 0) is 103 Å². The summed E-state index contributed by atoms with van der Waals surface area (Å²) in [6.07, 6.45) is 3.27. The van der Waals surface area contributed by atoms with Crippen molar-refractivity contribution in [3.8, 4) is 22.6 Å². The molecule has 3 aromatic rings. The third-order valence-corrected chi connectivity index (χ3v) is 8.22. The molecule has 0 spiro atoms. The lowest BCUT2D eigenvalue weighted by molar-refractivity contribution is -0.119. The molecule has 0 bridgehead atoms. The fraction of sp³-hybridized carbons (Fsp3) is 0.419. The molecule has 2 aliphatic heterocycles. The summed E-state index contributed by atoms with van der Waals surface area (Å²) in [6, 6.07) is 15.0. The maximum Gasteiger partial charge on any atom is 0.216 e. The second-order valence-corrected chi connectivity index (χ2v) is 11.9. The third-order valence-electron chi connectivity index (χ3n) is 7.79. The van der Waals surface area contributed by atoms with Crippen LogP contribution >= 0.6 is 23.2 Å². The zero-order chi connectivity index (χ0) is 28.9. The SMILES string of the molecule is CC(=O)NCC1CCN(Cc2cc(Oc3ccc(N4CC[C@@H](N)[C@@H](F)C4)nc3)cc(-c3cc(Cl)cc(Cl)c3)c2)CC1. The van der Waals surface area contributed by atoms with Crippen LogP contribution in [0.1, 0.15) is 31.7 Å². The maximum atomic E-state index is 14.1. The first-order valence-electron chi connectivity index (χ1n) is 14.1. The van der Waals surface area contributed by atoms with Gasteiger partial charge in [-0.15, -0.1) is 0 Å². The smallest absolute Gasteiger partial charge is 0.216 e. The molecule has 218 valence electrons. The van der Waals surface area contributed by atoms with E-state index in [1.54, 1.807) is 19.2 Å². The first-order chi connectivity index (χ1) is 19.7. The average Bonchev–Trinajstić information content (AvgIpc) is 2.94. The summed E-state index contributed by atoms with van der Waals surface area (Å²) in [4.78, 5) is 20.2. The molecule has 3 heterocycles. The van der Waals surface area contributed by atoms with Crippen molar-refractivity contribution in [1.29, 1.82) is 0 Å². The predicted octanol–water partition coefficient (Wildman–Crippen LogP) is 6.07. The van der Waals surface area contributed by atoms with Gasteiger partial charge in [0.05, 0.1) is 12.7 Å². The monoisotopic (exact) mass is 599 g/mol. The van der Waals surface area contributed by atoms with Gasteiger partial charge < -0.3 is 20.7 Å². The van der Waals surface area contributed by atoms with Crippen molar-refractivity contribution >= 4 is 34.9 Å². The van der Waals surface area contributed by atoms with Gasteiger partial charge >= 0.3 is 0 Å². The summed E-state index contributed by atoms with van der Waals surface area (Å²) in [6.45, 7) is 5.90.